The number of halogens is 3. The van der Waals surface area contributed by atoms with Gasteiger partial charge in [0.15, 0.2) is 0 Å². The first-order valence-corrected chi connectivity index (χ1v) is 6.05. The van der Waals surface area contributed by atoms with Gasteiger partial charge in [-0.2, -0.15) is 13.2 Å². The van der Waals surface area contributed by atoms with Crippen LogP contribution in [0.25, 0.3) is 0 Å². The van der Waals surface area contributed by atoms with Crippen LogP contribution in [-0.2, 0) is 6.18 Å². The smallest absolute Gasteiger partial charge is 0.394 e. The van der Waals surface area contributed by atoms with Crippen LogP contribution in [0.15, 0.2) is 24.3 Å². The third kappa shape index (κ3) is 2.67. The molecule has 1 aliphatic rings. The van der Waals surface area contributed by atoms with Gasteiger partial charge < -0.3 is 5.11 Å². The van der Waals surface area contributed by atoms with Gasteiger partial charge in [0.1, 0.15) is 0 Å². The molecule has 18 heavy (non-hydrogen) atoms. The molecule has 1 aromatic rings. The quantitative estimate of drug-likeness (QED) is 0.902. The fourth-order valence-electron chi connectivity index (χ4n) is 2.51. The topological polar surface area (TPSA) is 23.5 Å². The Morgan fingerprint density at radius 1 is 1.17 bits per heavy atom. The van der Waals surface area contributed by atoms with Crippen LogP contribution in [0.3, 0.4) is 0 Å². The van der Waals surface area contributed by atoms with Gasteiger partial charge in [-0.05, 0) is 37.6 Å². The highest BCUT2D eigenvalue weighted by Gasteiger charge is 2.36. The van der Waals surface area contributed by atoms with Crippen molar-refractivity contribution in [3.63, 3.8) is 0 Å². The van der Waals surface area contributed by atoms with Crippen LogP contribution in [0.2, 0.25) is 0 Å². The Morgan fingerprint density at radius 2 is 1.78 bits per heavy atom. The molecule has 1 N–H and O–H groups in total. The van der Waals surface area contributed by atoms with E-state index in [0.717, 1.165) is 32.0 Å². The molecule has 0 amide bonds. The van der Waals surface area contributed by atoms with Crippen molar-refractivity contribution in [3.05, 3.63) is 35.4 Å². The number of benzene rings is 1. The molecule has 1 fully saturated rings. The summed E-state index contributed by atoms with van der Waals surface area (Å²) >= 11 is 0. The normalized spacial score (nSPS) is 19.1. The molecule has 0 saturated carbocycles. The largest absolute Gasteiger partial charge is 0.416 e. The second-order valence-electron chi connectivity index (χ2n) is 4.53. The molecular weight excluding hydrogens is 243 g/mol. The molecule has 0 bridgehead atoms. The maximum atomic E-state index is 12.9. The van der Waals surface area contributed by atoms with Crippen LogP contribution in [0, 0.1) is 0 Å². The van der Waals surface area contributed by atoms with E-state index < -0.39 is 17.8 Å². The van der Waals surface area contributed by atoms with E-state index >= 15 is 0 Å². The van der Waals surface area contributed by atoms with Gasteiger partial charge in [0.25, 0.3) is 0 Å². The zero-order valence-electron chi connectivity index (χ0n) is 9.95. The van der Waals surface area contributed by atoms with Gasteiger partial charge in [0.2, 0.25) is 0 Å². The van der Waals surface area contributed by atoms with Crippen LogP contribution < -0.4 is 0 Å². The molecule has 5 heteroatoms. The summed E-state index contributed by atoms with van der Waals surface area (Å²) in [6, 6.07) is 4.95. The standard InChI is InChI=1S/C13H16F3NO/c14-13(15,16)11-6-2-1-5-10(11)12(9-18)17-7-3-4-8-17/h1-2,5-6,12,18H,3-4,7-9H2. The van der Waals surface area contributed by atoms with Gasteiger partial charge >= 0.3 is 6.18 Å². The molecule has 0 aromatic heterocycles. The minimum absolute atomic E-state index is 0.175. The Morgan fingerprint density at radius 3 is 2.33 bits per heavy atom. The maximum Gasteiger partial charge on any atom is 0.416 e. The van der Waals surface area contributed by atoms with E-state index in [1.54, 1.807) is 6.07 Å². The van der Waals surface area contributed by atoms with Gasteiger partial charge in [-0.25, -0.2) is 0 Å². The summed E-state index contributed by atoms with van der Waals surface area (Å²) in [5.74, 6) is 0. The van der Waals surface area contributed by atoms with E-state index in [4.69, 9.17) is 0 Å². The van der Waals surface area contributed by atoms with Gasteiger partial charge in [0, 0.05) is 0 Å². The predicted molar refractivity (Wildman–Crippen MR) is 62.1 cm³/mol. The van der Waals surface area contributed by atoms with Gasteiger partial charge in [0.05, 0.1) is 18.2 Å². The number of likely N-dealkylation sites (tertiary alicyclic amines) is 1. The van der Waals surface area contributed by atoms with Crippen LogP contribution in [0.4, 0.5) is 13.2 Å². The predicted octanol–water partition coefficient (Wildman–Crippen LogP) is 2.83. The van der Waals surface area contributed by atoms with Crippen molar-refractivity contribution >= 4 is 0 Å². The highest BCUT2D eigenvalue weighted by atomic mass is 19.4. The van der Waals surface area contributed by atoms with E-state index in [0.29, 0.717) is 0 Å². The van der Waals surface area contributed by atoms with Crippen molar-refractivity contribution in [2.24, 2.45) is 0 Å². The highest BCUT2D eigenvalue weighted by Crippen LogP contribution is 2.36. The van der Waals surface area contributed by atoms with E-state index in [-0.39, 0.29) is 12.2 Å². The van der Waals surface area contributed by atoms with Gasteiger partial charge in [-0.15, -0.1) is 0 Å². The second kappa shape index (κ2) is 5.28. The van der Waals surface area contributed by atoms with Crippen LogP contribution in [0.5, 0.6) is 0 Å². The molecule has 1 atom stereocenters. The molecule has 1 aromatic carbocycles. The van der Waals surface area contributed by atoms with E-state index in [1.807, 2.05) is 4.90 Å². The Labute approximate surface area is 104 Å². The van der Waals surface area contributed by atoms with Crippen LogP contribution in [-0.4, -0.2) is 29.7 Å². The monoisotopic (exact) mass is 259 g/mol. The first-order chi connectivity index (χ1) is 8.54. The third-order valence-corrected chi connectivity index (χ3v) is 3.38. The van der Waals surface area contributed by atoms with E-state index in [9.17, 15) is 18.3 Å². The van der Waals surface area contributed by atoms with E-state index in [1.165, 1.54) is 12.1 Å². The molecular formula is C13H16F3NO. The Hall–Kier alpha value is -1.07. The third-order valence-electron chi connectivity index (χ3n) is 3.38. The van der Waals surface area contributed by atoms with Crippen LogP contribution >= 0.6 is 0 Å². The van der Waals surface area contributed by atoms with Crippen LogP contribution in [0.1, 0.15) is 30.0 Å². The summed E-state index contributed by atoms with van der Waals surface area (Å²) in [6.45, 7) is 1.21. The number of alkyl halides is 3. The van der Waals surface area contributed by atoms with E-state index in [2.05, 4.69) is 0 Å². The fraction of sp³-hybridized carbons (Fsp3) is 0.538. The summed E-state index contributed by atoms with van der Waals surface area (Å²) in [5, 5.41) is 9.42. The summed E-state index contributed by atoms with van der Waals surface area (Å²) in [4.78, 5) is 1.92. The zero-order valence-corrected chi connectivity index (χ0v) is 9.95. The fourth-order valence-corrected chi connectivity index (χ4v) is 2.51. The number of nitrogens with zero attached hydrogens (tertiary/aromatic N) is 1. The Bertz CT molecular complexity index is 399. The van der Waals surface area contributed by atoms with Gasteiger partial charge in [-0.3, -0.25) is 4.90 Å². The molecule has 1 aliphatic heterocycles. The molecule has 0 spiro atoms. The summed E-state index contributed by atoms with van der Waals surface area (Å²) in [6.07, 6.45) is -2.42. The number of hydrogen-bond donors (Lipinski definition) is 1. The lowest BCUT2D eigenvalue weighted by molar-refractivity contribution is -0.138. The highest BCUT2D eigenvalue weighted by molar-refractivity contribution is 5.32. The zero-order chi connectivity index (χ0) is 13.2. The lowest BCUT2D eigenvalue weighted by Crippen LogP contribution is -2.30. The van der Waals surface area contributed by atoms with Gasteiger partial charge in [-0.1, -0.05) is 18.2 Å². The number of rotatable bonds is 3. The van der Waals surface area contributed by atoms with Crippen molar-refractivity contribution in [3.8, 4) is 0 Å². The summed E-state index contributed by atoms with van der Waals surface area (Å²) in [7, 11) is 0. The molecule has 1 heterocycles. The van der Waals surface area contributed by atoms with Crippen molar-refractivity contribution in [1.82, 2.24) is 4.90 Å². The summed E-state index contributed by atoms with van der Waals surface area (Å²) in [5.41, 5.74) is -0.467. The van der Waals surface area contributed by atoms with Crippen molar-refractivity contribution in [2.75, 3.05) is 19.7 Å². The van der Waals surface area contributed by atoms with Crippen molar-refractivity contribution in [2.45, 2.75) is 25.1 Å². The molecule has 2 nitrogen and oxygen atoms in total. The maximum absolute atomic E-state index is 12.9. The average Bonchev–Trinajstić information content (AvgIpc) is 2.83. The second-order valence-corrected chi connectivity index (χ2v) is 4.53. The number of aliphatic hydroxyl groups is 1. The molecule has 0 radical (unpaired) electrons. The first-order valence-electron chi connectivity index (χ1n) is 6.05. The minimum Gasteiger partial charge on any atom is -0.394 e. The summed E-state index contributed by atoms with van der Waals surface area (Å²) < 4.78 is 38.8. The number of aliphatic hydroxyl groups excluding tert-OH is 1. The minimum atomic E-state index is -4.37. The lowest BCUT2D eigenvalue weighted by atomic mass is 9.99. The average molecular weight is 259 g/mol. The molecule has 2 rings (SSSR count). The SMILES string of the molecule is OCC(c1ccccc1C(F)(F)F)N1CCCC1. The molecule has 0 aliphatic carbocycles. The molecule has 1 unspecified atom stereocenters. The lowest BCUT2D eigenvalue weighted by Gasteiger charge is -2.28. The Kier molecular flexibility index (Phi) is 3.92. The van der Waals surface area contributed by atoms with Crippen molar-refractivity contribution in [1.29, 1.82) is 0 Å². The Balaban J connectivity index is 2.35. The molecule has 1 saturated heterocycles. The molecule has 100 valence electrons. The number of hydrogen-bond acceptors (Lipinski definition) is 2. The van der Waals surface area contributed by atoms with Crippen molar-refractivity contribution < 1.29 is 18.3 Å². The first kappa shape index (κ1) is 13.4.